The Kier molecular flexibility index (Phi) is 4.41. The number of thiophene rings is 1. The highest BCUT2D eigenvalue weighted by Crippen LogP contribution is 2.35. The van der Waals surface area contributed by atoms with Gasteiger partial charge in [-0.15, -0.1) is 11.3 Å². The van der Waals surface area contributed by atoms with Crippen LogP contribution in [0.3, 0.4) is 0 Å². The number of sulfonamides is 1. The molecule has 0 fully saturated rings. The lowest BCUT2D eigenvalue weighted by molar-refractivity contribution is 0.339. The molecule has 0 aliphatic carbocycles. The van der Waals surface area contributed by atoms with Gasteiger partial charge in [-0.25, -0.2) is 8.42 Å². The standard InChI is InChI=1S/C16H18N2O3S2/c1-3-21-13-8-6-12(7-9-13)15-11-14(16-5-4-10-22-16)17-18(15)23(2,19)20/h4-10,15H,3,11H2,1-2H3. The Bertz CT molecular complexity index is 796. The van der Waals surface area contributed by atoms with Gasteiger partial charge in [-0.2, -0.15) is 9.52 Å². The minimum Gasteiger partial charge on any atom is -0.494 e. The van der Waals surface area contributed by atoms with Gasteiger partial charge in [0.2, 0.25) is 10.0 Å². The van der Waals surface area contributed by atoms with Crippen LogP contribution in [-0.2, 0) is 10.0 Å². The Hall–Kier alpha value is -1.86. The van der Waals surface area contributed by atoms with Crippen LogP contribution in [0.25, 0.3) is 0 Å². The molecular weight excluding hydrogens is 332 g/mol. The van der Waals surface area contributed by atoms with Crippen LogP contribution in [0.15, 0.2) is 46.9 Å². The smallest absolute Gasteiger partial charge is 0.247 e. The van der Waals surface area contributed by atoms with Gasteiger partial charge in [0.15, 0.2) is 0 Å². The summed E-state index contributed by atoms with van der Waals surface area (Å²) < 4.78 is 30.9. The van der Waals surface area contributed by atoms with Crippen LogP contribution in [0.4, 0.5) is 0 Å². The highest BCUT2D eigenvalue weighted by atomic mass is 32.2. The zero-order chi connectivity index (χ0) is 16.4. The van der Waals surface area contributed by atoms with Crippen molar-refractivity contribution in [2.24, 2.45) is 5.10 Å². The van der Waals surface area contributed by atoms with Gasteiger partial charge in [-0.1, -0.05) is 18.2 Å². The summed E-state index contributed by atoms with van der Waals surface area (Å²) in [6.45, 7) is 2.53. The van der Waals surface area contributed by atoms with Gasteiger partial charge in [-0.3, -0.25) is 0 Å². The molecule has 1 atom stereocenters. The Morgan fingerprint density at radius 1 is 1.30 bits per heavy atom. The first kappa shape index (κ1) is 16.0. The van der Waals surface area contributed by atoms with Crippen molar-refractivity contribution in [3.05, 3.63) is 52.2 Å². The van der Waals surface area contributed by atoms with Gasteiger partial charge < -0.3 is 4.74 Å². The molecular formula is C16H18N2O3S2. The Morgan fingerprint density at radius 2 is 2.04 bits per heavy atom. The summed E-state index contributed by atoms with van der Waals surface area (Å²) >= 11 is 1.57. The summed E-state index contributed by atoms with van der Waals surface area (Å²) in [6.07, 6.45) is 1.76. The maximum absolute atomic E-state index is 12.1. The first-order valence-corrected chi connectivity index (χ1v) is 10.1. The van der Waals surface area contributed by atoms with E-state index in [0.29, 0.717) is 13.0 Å². The average molecular weight is 350 g/mol. The van der Waals surface area contributed by atoms with E-state index in [4.69, 9.17) is 4.74 Å². The van der Waals surface area contributed by atoms with E-state index in [1.54, 1.807) is 11.3 Å². The van der Waals surface area contributed by atoms with E-state index in [2.05, 4.69) is 5.10 Å². The molecule has 7 heteroatoms. The van der Waals surface area contributed by atoms with Crippen LogP contribution in [0.2, 0.25) is 0 Å². The molecule has 0 radical (unpaired) electrons. The monoisotopic (exact) mass is 350 g/mol. The van der Waals surface area contributed by atoms with Crippen LogP contribution in [-0.4, -0.2) is 31.4 Å². The van der Waals surface area contributed by atoms with E-state index < -0.39 is 10.0 Å². The molecule has 5 nitrogen and oxygen atoms in total. The predicted octanol–water partition coefficient (Wildman–Crippen LogP) is 3.26. The van der Waals surface area contributed by atoms with Crippen LogP contribution >= 0.6 is 11.3 Å². The van der Waals surface area contributed by atoms with Gasteiger partial charge in [0.25, 0.3) is 0 Å². The zero-order valence-corrected chi connectivity index (χ0v) is 14.6. The molecule has 0 bridgehead atoms. The second-order valence-electron chi connectivity index (χ2n) is 5.28. The van der Waals surface area contributed by atoms with Gasteiger partial charge >= 0.3 is 0 Å². The van der Waals surface area contributed by atoms with E-state index in [-0.39, 0.29) is 6.04 Å². The number of benzene rings is 1. The van der Waals surface area contributed by atoms with Crippen molar-refractivity contribution in [1.82, 2.24) is 4.41 Å². The Balaban J connectivity index is 1.92. The second-order valence-corrected chi connectivity index (χ2v) is 8.07. The maximum Gasteiger partial charge on any atom is 0.247 e. The van der Waals surface area contributed by atoms with Crippen molar-refractivity contribution in [2.45, 2.75) is 19.4 Å². The third-order valence-corrected chi connectivity index (χ3v) is 5.53. The summed E-state index contributed by atoms with van der Waals surface area (Å²) in [5.74, 6) is 0.777. The van der Waals surface area contributed by atoms with Crippen LogP contribution in [0.5, 0.6) is 5.75 Å². The SMILES string of the molecule is CCOc1ccc(C2CC(c3cccs3)=NN2S(C)(=O)=O)cc1. The van der Waals surface area contributed by atoms with E-state index in [9.17, 15) is 8.42 Å². The quantitative estimate of drug-likeness (QED) is 0.832. The van der Waals surface area contributed by atoms with Crippen molar-refractivity contribution in [3.8, 4) is 5.75 Å². The van der Waals surface area contributed by atoms with Gasteiger partial charge in [0.05, 0.1) is 29.5 Å². The van der Waals surface area contributed by atoms with E-state index >= 15 is 0 Å². The van der Waals surface area contributed by atoms with Crippen molar-refractivity contribution < 1.29 is 13.2 Å². The molecule has 0 saturated carbocycles. The average Bonchev–Trinajstić information content (AvgIpc) is 3.17. The van der Waals surface area contributed by atoms with Crippen molar-refractivity contribution in [3.63, 3.8) is 0 Å². The van der Waals surface area contributed by atoms with Gasteiger partial charge in [-0.05, 0) is 36.1 Å². The number of nitrogens with zero attached hydrogens (tertiary/aromatic N) is 2. The van der Waals surface area contributed by atoms with Crippen molar-refractivity contribution >= 4 is 27.1 Å². The molecule has 0 saturated heterocycles. The molecule has 2 heterocycles. The molecule has 23 heavy (non-hydrogen) atoms. The topological polar surface area (TPSA) is 59.0 Å². The number of rotatable bonds is 5. The predicted molar refractivity (Wildman–Crippen MR) is 92.5 cm³/mol. The highest BCUT2D eigenvalue weighted by Gasteiger charge is 2.34. The summed E-state index contributed by atoms with van der Waals surface area (Å²) in [6, 6.07) is 11.1. The van der Waals surface area contributed by atoms with E-state index in [0.717, 1.165) is 21.9 Å². The number of hydrogen-bond donors (Lipinski definition) is 0. The fourth-order valence-corrected chi connectivity index (χ4v) is 4.21. The van der Waals surface area contributed by atoms with Gasteiger partial charge in [0, 0.05) is 6.42 Å². The first-order chi connectivity index (χ1) is 11.0. The molecule has 1 aliphatic rings. The molecule has 3 rings (SSSR count). The molecule has 2 aromatic rings. The van der Waals surface area contributed by atoms with Crippen molar-refractivity contribution in [2.75, 3.05) is 12.9 Å². The summed E-state index contributed by atoms with van der Waals surface area (Å²) in [5, 5.41) is 6.32. The Labute approximate surface area is 140 Å². The summed E-state index contributed by atoms with van der Waals surface area (Å²) in [4.78, 5) is 1.01. The number of hydrazone groups is 1. The fraction of sp³-hybridized carbons (Fsp3) is 0.312. The highest BCUT2D eigenvalue weighted by molar-refractivity contribution is 7.88. The van der Waals surface area contributed by atoms with Crippen LogP contribution < -0.4 is 4.74 Å². The normalized spacial score (nSPS) is 18.1. The molecule has 1 unspecified atom stereocenters. The summed E-state index contributed by atoms with van der Waals surface area (Å²) in [7, 11) is -3.42. The van der Waals surface area contributed by atoms with Gasteiger partial charge in [0.1, 0.15) is 5.75 Å². The maximum atomic E-state index is 12.1. The number of hydrogen-bond acceptors (Lipinski definition) is 5. The molecule has 1 aromatic carbocycles. The molecule has 122 valence electrons. The summed E-state index contributed by atoms with van der Waals surface area (Å²) in [5.41, 5.74) is 1.72. The third-order valence-electron chi connectivity index (χ3n) is 3.59. The third kappa shape index (κ3) is 3.40. The largest absolute Gasteiger partial charge is 0.494 e. The minimum absolute atomic E-state index is 0.308. The molecule has 1 aromatic heterocycles. The zero-order valence-electron chi connectivity index (χ0n) is 13.0. The molecule has 0 amide bonds. The minimum atomic E-state index is -3.42. The van der Waals surface area contributed by atoms with E-state index in [1.807, 2.05) is 48.7 Å². The second kappa shape index (κ2) is 6.33. The molecule has 1 aliphatic heterocycles. The van der Waals surface area contributed by atoms with E-state index in [1.165, 1.54) is 10.7 Å². The lowest BCUT2D eigenvalue weighted by atomic mass is 10.0. The molecule has 0 spiro atoms. The van der Waals surface area contributed by atoms with Crippen LogP contribution in [0.1, 0.15) is 29.8 Å². The van der Waals surface area contributed by atoms with Crippen molar-refractivity contribution in [1.29, 1.82) is 0 Å². The lowest BCUT2D eigenvalue weighted by Gasteiger charge is -2.21. The Morgan fingerprint density at radius 3 is 2.61 bits per heavy atom. The fourth-order valence-electron chi connectivity index (χ4n) is 2.59. The number of ether oxygens (including phenoxy) is 1. The molecule has 0 N–H and O–H groups in total. The first-order valence-electron chi connectivity index (χ1n) is 7.32. The van der Waals surface area contributed by atoms with Crippen LogP contribution in [0, 0.1) is 0 Å². The lowest BCUT2D eigenvalue weighted by Crippen LogP contribution is -2.25.